The van der Waals surface area contributed by atoms with Crippen molar-refractivity contribution in [1.82, 2.24) is 10.6 Å². The van der Waals surface area contributed by atoms with E-state index >= 15 is 0 Å². The first kappa shape index (κ1) is 14.6. The van der Waals surface area contributed by atoms with Crippen LogP contribution in [0.4, 0.5) is 0 Å². The lowest BCUT2D eigenvalue weighted by Crippen LogP contribution is -2.39. The van der Waals surface area contributed by atoms with E-state index in [9.17, 15) is 4.79 Å². The predicted octanol–water partition coefficient (Wildman–Crippen LogP) is 1.51. The third-order valence-corrected chi connectivity index (χ3v) is 3.21. The minimum Gasteiger partial charge on any atom is -0.466 e. The number of hydrogen-bond acceptors (Lipinski definition) is 6. The number of carbonyl (C=O) groups is 1. The van der Waals surface area contributed by atoms with Crippen LogP contribution in [0.15, 0.2) is 40.5 Å². The van der Waals surface area contributed by atoms with Crippen LogP contribution in [-0.2, 0) is 9.53 Å². The summed E-state index contributed by atoms with van der Waals surface area (Å²) in [6.07, 6.45) is 1.82. The number of esters is 1. The van der Waals surface area contributed by atoms with Crippen molar-refractivity contribution in [3.63, 3.8) is 0 Å². The fraction of sp³-hybridized carbons (Fsp3) is 0.267. The highest BCUT2D eigenvalue weighted by Gasteiger charge is 2.29. The number of nitrogens with zero attached hydrogens (tertiary/aromatic N) is 2. The van der Waals surface area contributed by atoms with Crippen molar-refractivity contribution in [3.05, 3.63) is 46.7 Å². The average molecular weight is 284 g/mol. The smallest absolute Gasteiger partial charge is 0.338 e. The summed E-state index contributed by atoms with van der Waals surface area (Å²) in [5.74, 6) is -0.126. The van der Waals surface area contributed by atoms with Crippen molar-refractivity contribution in [1.29, 1.82) is 5.26 Å². The predicted molar refractivity (Wildman–Crippen MR) is 78.0 cm³/mol. The van der Waals surface area contributed by atoms with Gasteiger partial charge >= 0.3 is 5.97 Å². The molecule has 0 aliphatic carbocycles. The first-order valence-electron chi connectivity index (χ1n) is 6.42. The Hall–Kier alpha value is -2.81. The van der Waals surface area contributed by atoms with E-state index in [4.69, 9.17) is 10.00 Å². The maximum atomic E-state index is 12.0. The van der Waals surface area contributed by atoms with E-state index in [0.29, 0.717) is 17.2 Å². The van der Waals surface area contributed by atoms with Gasteiger partial charge in [-0.25, -0.2) is 9.79 Å². The zero-order chi connectivity index (χ0) is 15.4. The maximum absolute atomic E-state index is 12.0. The van der Waals surface area contributed by atoms with Crippen LogP contribution in [0, 0.1) is 18.4 Å². The first-order valence-corrected chi connectivity index (χ1v) is 6.42. The Morgan fingerprint density at radius 2 is 2.05 bits per heavy atom. The topological polar surface area (TPSA) is 86.5 Å². The standard InChI is InChI=1S/C15H16N4O2/c1-9-4-6-11(7-5-9)13-12(14(20)21-3)10(2)18-15(19-13)17-8-16/h4-7,13H,1-3H3,(H2,17,18,19)/t13-/m0/s1. The lowest BCUT2D eigenvalue weighted by atomic mass is 9.96. The summed E-state index contributed by atoms with van der Waals surface area (Å²) in [4.78, 5) is 16.4. The molecule has 21 heavy (non-hydrogen) atoms. The summed E-state index contributed by atoms with van der Waals surface area (Å²) in [6, 6.07) is 7.22. The van der Waals surface area contributed by atoms with Gasteiger partial charge in [-0.05, 0) is 19.4 Å². The Labute approximate surface area is 123 Å². The van der Waals surface area contributed by atoms with Crippen molar-refractivity contribution in [2.45, 2.75) is 19.9 Å². The Bertz CT molecular complexity index is 653. The second kappa shape index (κ2) is 6.09. The molecule has 1 atom stereocenters. The maximum Gasteiger partial charge on any atom is 0.338 e. The van der Waals surface area contributed by atoms with Crippen LogP contribution in [0.2, 0.25) is 0 Å². The Balaban J connectivity index is 2.48. The molecule has 0 bridgehead atoms. The fourth-order valence-corrected chi connectivity index (χ4v) is 2.16. The highest BCUT2D eigenvalue weighted by Crippen LogP contribution is 2.31. The lowest BCUT2D eigenvalue weighted by Gasteiger charge is -2.25. The Morgan fingerprint density at radius 3 is 2.62 bits per heavy atom. The van der Waals surface area contributed by atoms with Gasteiger partial charge in [0.2, 0.25) is 5.96 Å². The van der Waals surface area contributed by atoms with E-state index in [1.54, 1.807) is 6.92 Å². The van der Waals surface area contributed by atoms with Gasteiger partial charge in [-0.1, -0.05) is 29.8 Å². The number of nitriles is 1. The number of nitrogens with one attached hydrogen (secondary N) is 2. The number of aliphatic imine (C=N–C) groups is 1. The molecule has 108 valence electrons. The van der Waals surface area contributed by atoms with E-state index < -0.39 is 12.0 Å². The highest BCUT2D eigenvalue weighted by atomic mass is 16.5. The molecule has 0 saturated carbocycles. The van der Waals surface area contributed by atoms with E-state index in [1.165, 1.54) is 7.11 Å². The van der Waals surface area contributed by atoms with Crippen LogP contribution in [0.5, 0.6) is 0 Å². The van der Waals surface area contributed by atoms with Crippen LogP contribution in [0.1, 0.15) is 24.1 Å². The van der Waals surface area contributed by atoms with Gasteiger partial charge in [-0.15, -0.1) is 0 Å². The minimum absolute atomic E-state index is 0.313. The lowest BCUT2D eigenvalue weighted by molar-refractivity contribution is -0.136. The van der Waals surface area contributed by atoms with Crippen LogP contribution in [0.25, 0.3) is 0 Å². The number of guanidine groups is 1. The number of hydrogen-bond donors (Lipinski definition) is 2. The molecule has 2 rings (SSSR count). The first-order chi connectivity index (χ1) is 10.1. The molecule has 0 spiro atoms. The van der Waals surface area contributed by atoms with Gasteiger partial charge < -0.3 is 10.1 Å². The van der Waals surface area contributed by atoms with Crippen LogP contribution < -0.4 is 10.6 Å². The van der Waals surface area contributed by atoms with Crippen LogP contribution in [-0.4, -0.2) is 19.0 Å². The Morgan fingerprint density at radius 1 is 1.38 bits per heavy atom. The molecular formula is C15H16N4O2. The quantitative estimate of drug-likeness (QED) is 0.488. The zero-order valence-electron chi connectivity index (χ0n) is 12.1. The Kier molecular flexibility index (Phi) is 4.24. The van der Waals surface area contributed by atoms with E-state index in [1.807, 2.05) is 37.4 Å². The number of methoxy groups -OCH3 is 1. The number of allylic oxidation sites excluding steroid dienone is 1. The summed E-state index contributed by atoms with van der Waals surface area (Å²) in [6.45, 7) is 3.74. The van der Waals surface area contributed by atoms with Gasteiger partial charge in [0.25, 0.3) is 0 Å². The van der Waals surface area contributed by atoms with Crippen molar-refractivity contribution >= 4 is 11.9 Å². The minimum atomic E-state index is -0.504. The SMILES string of the molecule is COC(=O)C1=C(C)NC(NC#N)=N[C@H]1c1ccc(C)cc1. The molecule has 6 heteroatoms. The van der Waals surface area contributed by atoms with Crippen molar-refractivity contribution in [2.75, 3.05) is 7.11 Å². The monoisotopic (exact) mass is 284 g/mol. The molecule has 1 aromatic rings. The van der Waals surface area contributed by atoms with E-state index in [0.717, 1.165) is 11.1 Å². The van der Waals surface area contributed by atoms with Crippen LogP contribution >= 0.6 is 0 Å². The number of ether oxygens (including phenoxy) is 1. The summed E-state index contributed by atoms with van der Waals surface area (Å²) in [7, 11) is 1.33. The van der Waals surface area contributed by atoms with Gasteiger partial charge in [-0.2, -0.15) is 5.26 Å². The summed E-state index contributed by atoms with van der Waals surface area (Å²) < 4.78 is 4.84. The molecule has 1 aliphatic rings. The van der Waals surface area contributed by atoms with Gasteiger partial charge in [0, 0.05) is 5.70 Å². The second-order valence-corrected chi connectivity index (χ2v) is 4.68. The molecule has 1 aromatic carbocycles. The average Bonchev–Trinajstić information content (AvgIpc) is 2.47. The number of rotatable bonds is 2. The highest BCUT2D eigenvalue weighted by molar-refractivity contribution is 5.95. The van der Waals surface area contributed by atoms with Crippen molar-refractivity contribution in [3.8, 4) is 6.19 Å². The molecule has 6 nitrogen and oxygen atoms in total. The van der Waals surface area contributed by atoms with E-state index in [2.05, 4.69) is 15.6 Å². The van der Waals surface area contributed by atoms with Crippen molar-refractivity contribution < 1.29 is 9.53 Å². The van der Waals surface area contributed by atoms with Crippen LogP contribution in [0.3, 0.4) is 0 Å². The summed E-state index contributed by atoms with van der Waals surface area (Å²) in [5, 5.41) is 14.1. The molecule has 1 aliphatic heterocycles. The molecule has 0 unspecified atom stereocenters. The van der Waals surface area contributed by atoms with Crippen molar-refractivity contribution in [2.24, 2.45) is 4.99 Å². The van der Waals surface area contributed by atoms with Gasteiger partial charge in [0.05, 0.1) is 12.7 Å². The van der Waals surface area contributed by atoms with Gasteiger partial charge in [0.1, 0.15) is 6.04 Å². The molecule has 0 radical (unpaired) electrons. The largest absolute Gasteiger partial charge is 0.466 e. The zero-order valence-corrected chi connectivity index (χ0v) is 12.1. The molecule has 1 heterocycles. The van der Waals surface area contributed by atoms with Gasteiger partial charge in [0.15, 0.2) is 6.19 Å². The van der Waals surface area contributed by atoms with Gasteiger partial charge in [-0.3, -0.25) is 5.32 Å². The molecule has 0 fully saturated rings. The second-order valence-electron chi connectivity index (χ2n) is 4.68. The van der Waals surface area contributed by atoms with E-state index in [-0.39, 0.29) is 0 Å². The fourth-order valence-electron chi connectivity index (χ4n) is 2.16. The molecule has 0 amide bonds. The molecule has 2 N–H and O–H groups in total. The third-order valence-electron chi connectivity index (χ3n) is 3.21. The molecular weight excluding hydrogens is 268 g/mol. The molecule has 0 aromatic heterocycles. The number of benzene rings is 1. The summed E-state index contributed by atoms with van der Waals surface area (Å²) >= 11 is 0. The third kappa shape index (κ3) is 3.03. The number of carbonyl (C=O) groups excluding carboxylic acids is 1. The molecule has 0 saturated heterocycles. The normalized spacial score (nSPS) is 17.4. The number of aryl methyl sites for hydroxylation is 1. The summed E-state index contributed by atoms with van der Waals surface area (Å²) in [5.41, 5.74) is 3.02.